The Morgan fingerprint density at radius 2 is 1.40 bits per heavy atom. The normalized spacial score (nSPS) is 11.2. The zero-order valence-electron chi connectivity index (χ0n) is 14.0. The molecule has 7 heteroatoms. The molecule has 0 atom stereocenters. The van der Waals surface area contributed by atoms with Crippen molar-refractivity contribution >= 4 is 13.5 Å². The first kappa shape index (κ1) is 19.3. The summed E-state index contributed by atoms with van der Waals surface area (Å²) >= 11 is 0. The summed E-state index contributed by atoms with van der Waals surface area (Å²) in [6.45, 7) is 0.381. The molecule has 0 radical (unpaired) electrons. The molecule has 1 amide bonds. The summed E-state index contributed by atoms with van der Waals surface area (Å²) in [6.07, 6.45) is 0.688. The topological polar surface area (TPSA) is 90.7 Å². The van der Waals surface area contributed by atoms with Crippen molar-refractivity contribution in [3.63, 3.8) is 0 Å². The molecular formula is C18H23N2O4P. The minimum Gasteiger partial charge on any atom is -0.304 e. The van der Waals surface area contributed by atoms with Crippen molar-refractivity contribution in [2.24, 2.45) is 5.84 Å². The van der Waals surface area contributed by atoms with Gasteiger partial charge in [-0.25, -0.2) is 5.84 Å². The standard InChI is InChI=1S/C18H23N2O4P/c19-20-18(21)12-7-13-25(22,23-14-16-8-3-1-4-9-16)24-15-17-10-5-2-6-11-17/h1-6,8-11H,7,12-15,19H2,(H,20,21). The molecule has 0 spiro atoms. The second kappa shape index (κ2) is 10.1. The third-order valence-corrected chi connectivity index (χ3v) is 5.45. The van der Waals surface area contributed by atoms with E-state index in [0.717, 1.165) is 11.1 Å². The third kappa shape index (κ3) is 7.20. The molecular weight excluding hydrogens is 339 g/mol. The molecule has 134 valence electrons. The van der Waals surface area contributed by atoms with E-state index in [4.69, 9.17) is 14.9 Å². The van der Waals surface area contributed by atoms with Crippen LogP contribution in [-0.4, -0.2) is 12.1 Å². The van der Waals surface area contributed by atoms with Gasteiger partial charge in [0, 0.05) is 6.42 Å². The van der Waals surface area contributed by atoms with Gasteiger partial charge in [0.15, 0.2) is 0 Å². The number of amides is 1. The number of hydrogen-bond donors (Lipinski definition) is 2. The van der Waals surface area contributed by atoms with Gasteiger partial charge in [-0.2, -0.15) is 0 Å². The minimum absolute atomic E-state index is 0.153. The molecule has 0 aliphatic heterocycles. The van der Waals surface area contributed by atoms with Crippen LogP contribution in [-0.2, 0) is 31.6 Å². The smallest absolute Gasteiger partial charge is 0.304 e. The van der Waals surface area contributed by atoms with Crippen molar-refractivity contribution in [2.75, 3.05) is 6.16 Å². The van der Waals surface area contributed by atoms with Gasteiger partial charge in [0.2, 0.25) is 5.91 Å². The molecule has 0 aromatic heterocycles. The van der Waals surface area contributed by atoms with Crippen LogP contribution in [0.15, 0.2) is 60.7 Å². The third-order valence-electron chi connectivity index (χ3n) is 3.54. The summed E-state index contributed by atoms with van der Waals surface area (Å²) in [7, 11) is -3.34. The van der Waals surface area contributed by atoms with Gasteiger partial charge >= 0.3 is 7.60 Å². The Morgan fingerprint density at radius 3 is 1.84 bits per heavy atom. The first-order valence-corrected chi connectivity index (χ1v) is 9.79. The van der Waals surface area contributed by atoms with E-state index in [-0.39, 0.29) is 31.7 Å². The Hall–Kier alpha value is -1.98. The van der Waals surface area contributed by atoms with Gasteiger partial charge in [0.05, 0.1) is 19.4 Å². The van der Waals surface area contributed by atoms with Gasteiger partial charge in [-0.05, 0) is 17.5 Å². The van der Waals surface area contributed by atoms with Crippen molar-refractivity contribution in [3.05, 3.63) is 71.8 Å². The highest BCUT2D eigenvalue weighted by molar-refractivity contribution is 7.53. The maximum atomic E-state index is 13.0. The summed E-state index contributed by atoms with van der Waals surface area (Å²) < 4.78 is 24.3. The fraction of sp³-hybridized carbons (Fsp3) is 0.278. The molecule has 0 saturated carbocycles. The molecule has 0 heterocycles. The van der Waals surface area contributed by atoms with Crippen LogP contribution >= 0.6 is 7.60 Å². The van der Waals surface area contributed by atoms with Crippen LogP contribution in [0.1, 0.15) is 24.0 Å². The van der Waals surface area contributed by atoms with E-state index in [2.05, 4.69) is 5.43 Å². The van der Waals surface area contributed by atoms with Crippen LogP contribution < -0.4 is 11.3 Å². The molecule has 3 N–H and O–H groups in total. The zero-order chi connectivity index (χ0) is 18.0. The SMILES string of the molecule is NNC(=O)CCCP(=O)(OCc1ccccc1)OCc1ccccc1. The molecule has 2 aromatic rings. The molecule has 2 aromatic carbocycles. The van der Waals surface area contributed by atoms with Crippen LogP contribution in [0.5, 0.6) is 0 Å². The van der Waals surface area contributed by atoms with Gasteiger partial charge < -0.3 is 9.05 Å². The van der Waals surface area contributed by atoms with E-state index < -0.39 is 7.60 Å². The average molecular weight is 362 g/mol. The molecule has 0 bridgehead atoms. The molecule has 0 unspecified atom stereocenters. The van der Waals surface area contributed by atoms with Crippen molar-refractivity contribution in [1.29, 1.82) is 0 Å². The van der Waals surface area contributed by atoms with E-state index in [1.165, 1.54) is 0 Å². The molecule has 0 fully saturated rings. The maximum absolute atomic E-state index is 13.0. The Kier molecular flexibility index (Phi) is 7.82. The Bertz CT molecular complexity index is 647. The first-order chi connectivity index (χ1) is 12.1. The Balaban J connectivity index is 1.96. The summed E-state index contributed by atoms with van der Waals surface area (Å²) in [5, 5.41) is 0. The molecule has 25 heavy (non-hydrogen) atoms. The highest BCUT2D eigenvalue weighted by Gasteiger charge is 2.25. The quantitative estimate of drug-likeness (QED) is 0.293. The number of carbonyl (C=O) groups excluding carboxylic acids is 1. The van der Waals surface area contributed by atoms with E-state index in [1.54, 1.807) is 0 Å². The maximum Gasteiger partial charge on any atom is 0.331 e. The number of nitrogens with one attached hydrogen (secondary N) is 1. The van der Waals surface area contributed by atoms with Crippen LogP contribution in [0.3, 0.4) is 0 Å². The van der Waals surface area contributed by atoms with Crippen LogP contribution in [0, 0.1) is 0 Å². The van der Waals surface area contributed by atoms with Crippen molar-refractivity contribution in [1.82, 2.24) is 5.43 Å². The monoisotopic (exact) mass is 362 g/mol. The summed E-state index contributed by atoms with van der Waals surface area (Å²) in [5.74, 6) is 4.75. The van der Waals surface area contributed by atoms with Crippen molar-refractivity contribution in [2.45, 2.75) is 26.1 Å². The van der Waals surface area contributed by atoms with Crippen LogP contribution in [0.25, 0.3) is 0 Å². The summed E-state index contributed by atoms with van der Waals surface area (Å²) in [6, 6.07) is 18.9. The number of benzene rings is 2. The van der Waals surface area contributed by atoms with E-state index >= 15 is 0 Å². The fourth-order valence-corrected chi connectivity index (χ4v) is 3.74. The zero-order valence-corrected chi connectivity index (χ0v) is 14.9. The van der Waals surface area contributed by atoms with Gasteiger partial charge in [-0.15, -0.1) is 0 Å². The van der Waals surface area contributed by atoms with Gasteiger partial charge in [-0.1, -0.05) is 60.7 Å². The van der Waals surface area contributed by atoms with E-state index in [9.17, 15) is 9.36 Å². The van der Waals surface area contributed by atoms with Crippen LogP contribution in [0.4, 0.5) is 0 Å². The molecule has 0 aliphatic rings. The van der Waals surface area contributed by atoms with Crippen LogP contribution in [0.2, 0.25) is 0 Å². The number of rotatable bonds is 10. The Morgan fingerprint density at radius 1 is 0.920 bits per heavy atom. The number of carbonyl (C=O) groups is 1. The van der Waals surface area contributed by atoms with Crippen molar-refractivity contribution < 1.29 is 18.4 Å². The predicted octanol–water partition coefficient (Wildman–Crippen LogP) is 3.38. The fourth-order valence-electron chi connectivity index (χ4n) is 2.17. The number of hydrogen-bond acceptors (Lipinski definition) is 5. The van der Waals surface area contributed by atoms with Crippen molar-refractivity contribution in [3.8, 4) is 0 Å². The lowest BCUT2D eigenvalue weighted by Gasteiger charge is -2.19. The van der Waals surface area contributed by atoms with E-state index in [0.29, 0.717) is 6.42 Å². The summed E-state index contributed by atoms with van der Waals surface area (Å²) in [4.78, 5) is 11.2. The lowest BCUT2D eigenvalue weighted by Crippen LogP contribution is -2.29. The second-order valence-corrected chi connectivity index (χ2v) is 7.71. The van der Waals surface area contributed by atoms with Gasteiger partial charge in [0.1, 0.15) is 0 Å². The van der Waals surface area contributed by atoms with Gasteiger partial charge in [0.25, 0.3) is 0 Å². The highest BCUT2D eigenvalue weighted by atomic mass is 31.2. The molecule has 0 aliphatic carbocycles. The highest BCUT2D eigenvalue weighted by Crippen LogP contribution is 2.50. The molecule has 2 rings (SSSR count). The minimum atomic E-state index is -3.34. The second-order valence-electron chi connectivity index (χ2n) is 5.52. The largest absolute Gasteiger partial charge is 0.331 e. The lowest BCUT2D eigenvalue weighted by molar-refractivity contribution is -0.121. The molecule has 0 saturated heterocycles. The van der Waals surface area contributed by atoms with E-state index in [1.807, 2.05) is 60.7 Å². The number of nitrogens with two attached hydrogens (primary N) is 1. The first-order valence-electron chi connectivity index (χ1n) is 8.07. The summed E-state index contributed by atoms with van der Waals surface area (Å²) in [5.41, 5.74) is 3.87. The number of hydrazine groups is 1. The lowest BCUT2D eigenvalue weighted by atomic mass is 10.2. The van der Waals surface area contributed by atoms with Gasteiger partial charge in [-0.3, -0.25) is 14.8 Å². The average Bonchev–Trinajstić information content (AvgIpc) is 2.66. The molecule has 6 nitrogen and oxygen atoms in total. The Labute approximate surface area is 147 Å². The predicted molar refractivity (Wildman–Crippen MR) is 96.5 cm³/mol.